The minimum absolute atomic E-state index is 0.0988. The zero-order chi connectivity index (χ0) is 20.1. The highest BCUT2D eigenvalue weighted by molar-refractivity contribution is 5.94. The van der Waals surface area contributed by atoms with Crippen LogP contribution in [0.1, 0.15) is 41.3 Å². The molecule has 2 aromatic carbocycles. The van der Waals surface area contributed by atoms with E-state index in [1.165, 1.54) is 37.8 Å². The number of carbonyl (C=O) groups excluding carboxylic acids is 1. The van der Waals surface area contributed by atoms with Crippen LogP contribution in [0.3, 0.4) is 0 Å². The largest absolute Gasteiger partial charge is 0.348 e. The Labute approximate surface area is 171 Å². The molecule has 0 aliphatic carbocycles. The summed E-state index contributed by atoms with van der Waals surface area (Å²) < 4.78 is 1.64. The van der Waals surface area contributed by atoms with E-state index in [2.05, 4.69) is 51.5 Å². The van der Waals surface area contributed by atoms with Gasteiger partial charge in [-0.3, -0.25) is 9.69 Å². The first-order valence-electron chi connectivity index (χ1n) is 10.2. The van der Waals surface area contributed by atoms with Crippen molar-refractivity contribution in [1.82, 2.24) is 25.0 Å². The van der Waals surface area contributed by atoms with E-state index in [0.717, 1.165) is 23.7 Å². The van der Waals surface area contributed by atoms with E-state index in [1.807, 2.05) is 18.2 Å². The maximum absolute atomic E-state index is 12.5. The average Bonchev–Trinajstić information content (AvgIpc) is 3.28. The summed E-state index contributed by atoms with van der Waals surface area (Å²) in [7, 11) is 0. The van der Waals surface area contributed by atoms with Crippen LogP contribution < -0.4 is 5.32 Å². The molecule has 1 amide bonds. The van der Waals surface area contributed by atoms with Crippen LogP contribution in [0.15, 0.2) is 61.2 Å². The molecule has 29 heavy (non-hydrogen) atoms. The van der Waals surface area contributed by atoms with Gasteiger partial charge in [0, 0.05) is 25.2 Å². The Bertz CT molecular complexity index is 936. The van der Waals surface area contributed by atoms with E-state index < -0.39 is 0 Å². The molecule has 1 aliphatic heterocycles. The van der Waals surface area contributed by atoms with E-state index in [9.17, 15) is 4.79 Å². The van der Waals surface area contributed by atoms with Crippen molar-refractivity contribution in [1.29, 1.82) is 0 Å². The molecule has 1 N–H and O–H groups in total. The van der Waals surface area contributed by atoms with Crippen LogP contribution in [0.2, 0.25) is 0 Å². The molecule has 2 heterocycles. The molecule has 6 heteroatoms. The second kappa shape index (κ2) is 9.01. The summed E-state index contributed by atoms with van der Waals surface area (Å²) in [6, 6.07) is 15.9. The topological polar surface area (TPSA) is 63.1 Å². The fourth-order valence-electron chi connectivity index (χ4n) is 3.87. The van der Waals surface area contributed by atoms with Gasteiger partial charge in [-0.05, 0) is 54.6 Å². The van der Waals surface area contributed by atoms with E-state index in [-0.39, 0.29) is 5.91 Å². The minimum Gasteiger partial charge on any atom is -0.348 e. The fraction of sp³-hybridized carbons (Fsp3) is 0.348. The molecule has 150 valence electrons. The van der Waals surface area contributed by atoms with Crippen molar-refractivity contribution < 1.29 is 4.79 Å². The van der Waals surface area contributed by atoms with Gasteiger partial charge in [0.1, 0.15) is 12.7 Å². The molecule has 1 aromatic heterocycles. The summed E-state index contributed by atoms with van der Waals surface area (Å²) in [4.78, 5) is 19.0. The Hall–Kier alpha value is -2.99. The van der Waals surface area contributed by atoms with Crippen LogP contribution in [-0.4, -0.2) is 38.7 Å². The number of rotatable bonds is 6. The molecule has 1 atom stereocenters. The van der Waals surface area contributed by atoms with E-state index in [4.69, 9.17) is 0 Å². The molecule has 0 saturated carbocycles. The van der Waals surface area contributed by atoms with Gasteiger partial charge in [0.25, 0.3) is 5.91 Å². The molecule has 4 rings (SSSR count). The Balaban J connectivity index is 1.32. The second-order valence-electron chi connectivity index (χ2n) is 7.87. The van der Waals surface area contributed by atoms with Crippen LogP contribution >= 0.6 is 0 Å². The van der Waals surface area contributed by atoms with Crippen molar-refractivity contribution in [2.24, 2.45) is 5.92 Å². The smallest absolute Gasteiger partial charge is 0.251 e. The Kier molecular flexibility index (Phi) is 6.00. The quantitative estimate of drug-likeness (QED) is 0.702. The summed E-state index contributed by atoms with van der Waals surface area (Å²) in [6.07, 6.45) is 5.73. The molecular weight excluding hydrogens is 362 g/mol. The molecule has 1 unspecified atom stereocenters. The Morgan fingerprint density at radius 1 is 1.17 bits per heavy atom. The van der Waals surface area contributed by atoms with Crippen molar-refractivity contribution in [3.63, 3.8) is 0 Å². The lowest BCUT2D eigenvalue weighted by Crippen LogP contribution is -2.33. The molecule has 0 bridgehead atoms. The lowest BCUT2D eigenvalue weighted by atomic mass is 9.99. The number of hydrogen-bond donors (Lipinski definition) is 1. The van der Waals surface area contributed by atoms with Crippen LogP contribution in [0.25, 0.3) is 5.69 Å². The SMILES string of the molecule is CC1CCCN(Cc2ccc(CNC(=O)c3cccc(-n4cncn4)c3)cc2)C1. The highest BCUT2D eigenvalue weighted by Gasteiger charge is 2.16. The van der Waals surface area contributed by atoms with Crippen LogP contribution in [0, 0.1) is 5.92 Å². The van der Waals surface area contributed by atoms with Gasteiger partial charge < -0.3 is 5.32 Å². The number of aromatic nitrogens is 3. The first kappa shape index (κ1) is 19.3. The molecular formula is C23H27N5O. The third-order valence-corrected chi connectivity index (χ3v) is 5.41. The summed E-state index contributed by atoms with van der Waals surface area (Å²) in [5.74, 6) is 0.694. The van der Waals surface area contributed by atoms with E-state index in [0.29, 0.717) is 12.1 Å². The molecule has 3 aromatic rings. The van der Waals surface area contributed by atoms with Crippen molar-refractivity contribution in [2.75, 3.05) is 13.1 Å². The number of carbonyl (C=O) groups is 1. The zero-order valence-corrected chi connectivity index (χ0v) is 16.8. The van der Waals surface area contributed by atoms with Gasteiger partial charge in [-0.1, -0.05) is 37.3 Å². The van der Waals surface area contributed by atoms with Gasteiger partial charge in [0.05, 0.1) is 5.69 Å². The van der Waals surface area contributed by atoms with Gasteiger partial charge in [0.15, 0.2) is 0 Å². The fourth-order valence-corrected chi connectivity index (χ4v) is 3.87. The van der Waals surface area contributed by atoms with Crippen LogP contribution in [0.5, 0.6) is 0 Å². The zero-order valence-electron chi connectivity index (χ0n) is 16.8. The molecule has 0 spiro atoms. The number of nitrogens with one attached hydrogen (secondary N) is 1. The number of benzene rings is 2. The lowest BCUT2D eigenvalue weighted by Gasteiger charge is -2.30. The van der Waals surface area contributed by atoms with Gasteiger partial charge in [-0.25, -0.2) is 9.67 Å². The van der Waals surface area contributed by atoms with E-state index in [1.54, 1.807) is 17.1 Å². The predicted octanol–water partition coefficient (Wildman–Crippen LogP) is 3.43. The first-order chi connectivity index (χ1) is 14.2. The van der Waals surface area contributed by atoms with Gasteiger partial charge in [-0.2, -0.15) is 5.10 Å². The Morgan fingerprint density at radius 2 is 2.00 bits per heavy atom. The van der Waals surface area contributed by atoms with Gasteiger partial charge in [-0.15, -0.1) is 0 Å². The number of likely N-dealkylation sites (tertiary alicyclic amines) is 1. The van der Waals surface area contributed by atoms with Crippen LogP contribution in [0.4, 0.5) is 0 Å². The molecule has 6 nitrogen and oxygen atoms in total. The van der Waals surface area contributed by atoms with Crippen LogP contribution in [-0.2, 0) is 13.1 Å². The lowest BCUT2D eigenvalue weighted by molar-refractivity contribution is 0.0951. The van der Waals surface area contributed by atoms with Crippen molar-refractivity contribution in [3.05, 3.63) is 77.9 Å². The molecule has 0 radical (unpaired) electrons. The van der Waals surface area contributed by atoms with Crippen molar-refractivity contribution in [2.45, 2.75) is 32.9 Å². The second-order valence-corrected chi connectivity index (χ2v) is 7.87. The maximum Gasteiger partial charge on any atom is 0.251 e. The summed E-state index contributed by atoms with van der Waals surface area (Å²) >= 11 is 0. The van der Waals surface area contributed by atoms with Gasteiger partial charge in [0.2, 0.25) is 0 Å². The van der Waals surface area contributed by atoms with E-state index >= 15 is 0 Å². The third-order valence-electron chi connectivity index (χ3n) is 5.41. The summed E-state index contributed by atoms with van der Waals surface area (Å²) in [5.41, 5.74) is 3.84. The molecule has 1 fully saturated rings. The van der Waals surface area contributed by atoms with Crippen molar-refractivity contribution in [3.8, 4) is 5.69 Å². The highest BCUT2D eigenvalue weighted by atomic mass is 16.1. The number of piperidine rings is 1. The minimum atomic E-state index is -0.0988. The number of amides is 1. The highest BCUT2D eigenvalue weighted by Crippen LogP contribution is 2.18. The van der Waals surface area contributed by atoms with Crippen molar-refractivity contribution >= 4 is 5.91 Å². The third kappa shape index (κ3) is 5.09. The molecule has 1 saturated heterocycles. The average molecular weight is 390 g/mol. The summed E-state index contributed by atoms with van der Waals surface area (Å²) in [5, 5.41) is 7.10. The number of hydrogen-bond acceptors (Lipinski definition) is 4. The standard InChI is InChI=1S/C23H27N5O/c1-18-4-3-11-27(14-18)15-20-9-7-19(8-10-20)13-25-23(29)21-5-2-6-22(12-21)28-17-24-16-26-28/h2,5-10,12,16-18H,3-4,11,13-15H2,1H3,(H,25,29). The summed E-state index contributed by atoms with van der Waals surface area (Å²) in [6.45, 7) is 6.22. The Morgan fingerprint density at radius 3 is 2.76 bits per heavy atom. The monoisotopic (exact) mass is 389 g/mol. The normalized spacial score (nSPS) is 17.2. The first-order valence-corrected chi connectivity index (χ1v) is 10.2. The predicted molar refractivity (Wildman–Crippen MR) is 113 cm³/mol. The number of nitrogens with zero attached hydrogens (tertiary/aromatic N) is 4. The maximum atomic E-state index is 12.5. The van der Waals surface area contributed by atoms with Gasteiger partial charge >= 0.3 is 0 Å². The molecule has 1 aliphatic rings.